The van der Waals surface area contributed by atoms with Gasteiger partial charge in [0.15, 0.2) is 5.76 Å². The molecule has 5 heteroatoms. The Hall–Kier alpha value is -1.78. The van der Waals surface area contributed by atoms with Crippen LogP contribution in [0.15, 0.2) is 40.8 Å². The van der Waals surface area contributed by atoms with Gasteiger partial charge in [-0.2, -0.15) is 0 Å². The van der Waals surface area contributed by atoms with Crippen molar-refractivity contribution < 1.29 is 9.21 Å². The van der Waals surface area contributed by atoms with Gasteiger partial charge >= 0.3 is 0 Å². The highest BCUT2D eigenvalue weighted by atomic mass is 35.5. The van der Waals surface area contributed by atoms with Crippen LogP contribution in [0.4, 0.5) is 0 Å². The number of furan rings is 1. The SMILES string of the molecule is N[C@H]1CCCN(C(=O)c2ccc(-c3ccc(Cl)cc3)o2)C1. The number of halogens is 1. The lowest BCUT2D eigenvalue weighted by molar-refractivity contribution is 0.0677. The molecule has 1 aliphatic rings. The van der Waals surface area contributed by atoms with E-state index in [1.165, 1.54) is 0 Å². The minimum Gasteiger partial charge on any atom is -0.451 e. The first-order valence-corrected chi connectivity index (χ1v) is 7.42. The van der Waals surface area contributed by atoms with E-state index < -0.39 is 0 Å². The van der Waals surface area contributed by atoms with Gasteiger partial charge in [-0.1, -0.05) is 11.6 Å². The molecule has 3 rings (SSSR count). The van der Waals surface area contributed by atoms with Gasteiger partial charge in [-0.15, -0.1) is 0 Å². The van der Waals surface area contributed by atoms with Gasteiger partial charge in [-0.05, 0) is 49.2 Å². The predicted molar refractivity (Wildman–Crippen MR) is 82.3 cm³/mol. The molecular weight excluding hydrogens is 288 g/mol. The van der Waals surface area contributed by atoms with Crippen molar-refractivity contribution in [3.05, 3.63) is 47.2 Å². The van der Waals surface area contributed by atoms with Crippen LogP contribution in [0.3, 0.4) is 0 Å². The molecule has 2 aromatic rings. The normalized spacial score (nSPS) is 18.8. The zero-order valence-corrected chi connectivity index (χ0v) is 12.3. The van der Waals surface area contributed by atoms with Crippen LogP contribution in [-0.2, 0) is 0 Å². The van der Waals surface area contributed by atoms with Crippen molar-refractivity contribution in [2.24, 2.45) is 5.73 Å². The highest BCUT2D eigenvalue weighted by Crippen LogP contribution is 2.25. The molecule has 1 saturated heterocycles. The van der Waals surface area contributed by atoms with E-state index in [1.54, 1.807) is 29.2 Å². The Bertz CT molecular complexity index is 636. The van der Waals surface area contributed by atoms with E-state index in [2.05, 4.69) is 0 Å². The van der Waals surface area contributed by atoms with Crippen LogP contribution in [0.1, 0.15) is 23.4 Å². The van der Waals surface area contributed by atoms with E-state index >= 15 is 0 Å². The van der Waals surface area contributed by atoms with E-state index in [4.69, 9.17) is 21.8 Å². The van der Waals surface area contributed by atoms with E-state index in [0.717, 1.165) is 24.9 Å². The van der Waals surface area contributed by atoms with E-state index in [9.17, 15) is 4.79 Å². The van der Waals surface area contributed by atoms with Gasteiger partial charge in [0.1, 0.15) is 5.76 Å². The molecule has 110 valence electrons. The first-order valence-electron chi connectivity index (χ1n) is 7.04. The summed E-state index contributed by atoms with van der Waals surface area (Å²) in [4.78, 5) is 14.2. The van der Waals surface area contributed by atoms with Crippen LogP contribution in [0.2, 0.25) is 5.02 Å². The molecule has 0 bridgehead atoms. The Morgan fingerprint density at radius 2 is 2.00 bits per heavy atom. The molecule has 0 aliphatic carbocycles. The van der Waals surface area contributed by atoms with Crippen LogP contribution in [0, 0.1) is 0 Å². The first-order chi connectivity index (χ1) is 10.1. The van der Waals surface area contributed by atoms with E-state index in [-0.39, 0.29) is 11.9 Å². The van der Waals surface area contributed by atoms with E-state index in [1.807, 2.05) is 12.1 Å². The summed E-state index contributed by atoms with van der Waals surface area (Å²) < 4.78 is 5.68. The molecule has 0 spiro atoms. The molecule has 0 radical (unpaired) electrons. The Morgan fingerprint density at radius 1 is 1.24 bits per heavy atom. The van der Waals surface area contributed by atoms with Gasteiger partial charge in [-0.3, -0.25) is 4.79 Å². The minimum atomic E-state index is -0.0923. The Labute approximate surface area is 128 Å². The zero-order valence-electron chi connectivity index (χ0n) is 11.6. The number of hydrogen-bond acceptors (Lipinski definition) is 3. The van der Waals surface area contributed by atoms with Crippen molar-refractivity contribution in [2.75, 3.05) is 13.1 Å². The molecule has 1 aromatic carbocycles. The lowest BCUT2D eigenvalue weighted by Crippen LogP contribution is -2.45. The number of carbonyl (C=O) groups is 1. The maximum Gasteiger partial charge on any atom is 0.289 e. The van der Waals surface area contributed by atoms with Gasteiger partial charge in [-0.25, -0.2) is 0 Å². The fourth-order valence-electron chi connectivity index (χ4n) is 2.57. The topological polar surface area (TPSA) is 59.5 Å². The maximum absolute atomic E-state index is 12.4. The molecule has 1 fully saturated rings. The molecule has 4 nitrogen and oxygen atoms in total. The third-order valence-electron chi connectivity index (χ3n) is 3.69. The van der Waals surface area contributed by atoms with Gasteiger partial charge in [0, 0.05) is 29.7 Å². The standard InChI is InChI=1S/C16H17ClN2O2/c17-12-5-3-11(4-6-12)14-7-8-15(21-14)16(20)19-9-1-2-13(18)10-19/h3-8,13H,1-2,9-10,18H2/t13-/m0/s1. The average Bonchev–Trinajstić information content (AvgIpc) is 2.97. The number of rotatable bonds is 2. The van der Waals surface area contributed by atoms with Crippen LogP contribution >= 0.6 is 11.6 Å². The molecule has 1 aliphatic heterocycles. The number of piperidine rings is 1. The summed E-state index contributed by atoms with van der Waals surface area (Å²) in [6.45, 7) is 1.33. The monoisotopic (exact) mass is 304 g/mol. The fraction of sp³-hybridized carbons (Fsp3) is 0.312. The maximum atomic E-state index is 12.4. The molecule has 2 N–H and O–H groups in total. The predicted octanol–water partition coefficient (Wildman–Crippen LogP) is 3.16. The number of hydrogen-bond donors (Lipinski definition) is 1. The second kappa shape index (κ2) is 5.92. The zero-order chi connectivity index (χ0) is 14.8. The third kappa shape index (κ3) is 3.12. The second-order valence-electron chi connectivity index (χ2n) is 5.32. The quantitative estimate of drug-likeness (QED) is 0.927. The highest BCUT2D eigenvalue weighted by Gasteiger charge is 2.24. The van der Waals surface area contributed by atoms with Gasteiger partial charge in [0.05, 0.1) is 0 Å². The first kappa shape index (κ1) is 14.2. The van der Waals surface area contributed by atoms with Crippen LogP contribution in [0.5, 0.6) is 0 Å². The van der Waals surface area contributed by atoms with Crippen molar-refractivity contribution in [1.29, 1.82) is 0 Å². The van der Waals surface area contributed by atoms with Crippen LogP contribution in [0.25, 0.3) is 11.3 Å². The third-order valence-corrected chi connectivity index (χ3v) is 3.94. The van der Waals surface area contributed by atoms with Crippen molar-refractivity contribution >= 4 is 17.5 Å². The van der Waals surface area contributed by atoms with Crippen molar-refractivity contribution in [3.63, 3.8) is 0 Å². The Kier molecular flexibility index (Phi) is 3.99. The number of carbonyl (C=O) groups excluding carboxylic acids is 1. The lowest BCUT2D eigenvalue weighted by atomic mass is 10.1. The van der Waals surface area contributed by atoms with Crippen molar-refractivity contribution in [2.45, 2.75) is 18.9 Å². The average molecular weight is 305 g/mol. The smallest absolute Gasteiger partial charge is 0.289 e. The van der Waals surface area contributed by atoms with Crippen LogP contribution in [-0.4, -0.2) is 29.9 Å². The molecule has 0 unspecified atom stereocenters. The number of amides is 1. The summed E-state index contributed by atoms with van der Waals surface area (Å²) in [5, 5.41) is 0.670. The number of benzene rings is 1. The lowest BCUT2D eigenvalue weighted by Gasteiger charge is -2.30. The minimum absolute atomic E-state index is 0.0633. The Morgan fingerprint density at radius 3 is 2.71 bits per heavy atom. The molecule has 2 heterocycles. The highest BCUT2D eigenvalue weighted by molar-refractivity contribution is 6.30. The van der Waals surface area contributed by atoms with E-state index in [0.29, 0.717) is 23.1 Å². The molecule has 21 heavy (non-hydrogen) atoms. The summed E-state index contributed by atoms with van der Waals surface area (Å²) in [6, 6.07) is 10.9. The number of likely N-dealkylation sites (tertiary alicyclic amines) is 1. The van der Waals surface area contributed by atoms with Gasteiger partial charge < -0.3 is 15.1 Å². The summed E-state index contributed by atoms with van der Waals surface area (Å²) in [6.07, 6.45) is 1.91. The second-order valence-corrected chi connectivity index (χ2v) is 5.76. The summed E-state index contributed by atoms with van der Waals surface area (Å²) >= 11 is 5.87. The van der Waals surface area contributed by atoms with Crippen molar-refractivity contribution in [1.82, 2.24) is 4.90 Å². The van der Waals surface area contributed by atoms with Crippen molar-refractivity contribution in [3.8, 4) is 11.3 Å². The molecule has 0 saturated carbocycles. The number of nitrogens with two attached hydrogens (primary N) is 1. The summed E-state index contributed by atoms with van der Waals surface area (Å²) in [7, 11) is 0. The Balaban J connectivity index is 1.78. The summed E-state index contributed by atoms with van der Waals surface area (Å²) in [5.41, 5.74) is 6.81. The van der Waals surface area contributed by atoms with Gasteiger partial charge in [0.2, 0.25) is 0 Å². The largest absolute Gasteiger partial charge is 0.451 e. The molecular formula is C16H17ClN2O2. The molecule has 1 amide bonds. The number of nitrogens with zero attached hydrogens (tertiary/aromatic N) is 1. The van der Waals surface area contributed by atoms with Crippen LogP contribution < -0.4 is 5.73 Å². The molecule has 1 aromatic heterocycles. The van der Waals surface area contributed by atoms with Gasteiger partial charge in [0.25, 0.3) is 5.91 Å². The fourth-order valence-corrected chi connectivity index (χ4v) is 2.70. The molecule has 1 atom stereocenters. The summed E-state index contributed by atoms with van der Waals surface area (Å²) in [5.74, 6) is 0.927.